The molecule has 11 heteroatoms. The summed E-state index contributed by atoms with van der Waals surface area (Å²) in [5, 5.41) is 16.1. The SMILES string of the molecule is CCOC(=O)C1=C(COc2ccc(C(=O)OC)cc2[N+](=O)[O-])NC(=O)NC1. The van der Waals surface area contributed by atoms with Gasteiger partial charge in [-0.1, -0.05) is 0 Å². The Kier molecular flexibility index (Phi) is 6.31. The van der Waals surface area contributed by atoms with Crippen LogP contribution in [0.4, 0.5) is 10.5 Å². The van der Waals surface area contributed by atoms with Crippen LogP contribution in [0.5, 0.6) is 5.75 Å². The molecule has 1 heterocycles. The second-order valence-corrected chi connectivity index (χ2v) is 5.21. The van der Waals surface area contributed by atoms with Gasteiger partial charge in [-0.3, -0.25) is 10.1 Å². The Morgan fingerprint density at radius 2 is 2.04 bits per heavy atom. The molecule has 0 bridgehead atoms. The normalized spacial score (nSPS) is 13.3. The Labute approximate surface area is 153 Å². The first-order valence-corrected chi connectivity index (χ1v) is 7.80. The summed E-state index contributed by atoms with van der Waals surface area (Å²) in [4.78, 5) is 45.5. The van der Waals surface area contributed by atoms with Gasteiger partial charge in [-0.05, 0) is 19.1 Å². The van der Waals surface area contributed by atoms with E-state index in [1.54, 1.807) is 6.92 Å². The van der Waals surface area contributed by atoms with Gasteiger partial charge in [0.15, 0.2) is 5.75 Å². The van der Waals surface area contributed by atoms with Gasteiger partial charge >= 0.3 is 23.7 Å². The average Bonchev–Trinajstić information content (AvgIpc) is 2.65. The number of benzene rings is 1. The molecule has 0 aliphatic carbocycles. The van der Waals surface area contributed by atoms with Crippen LogP contribution in [0.25, 0.3) is 0 Å². The summed E-state index contributed by atoms with van der Waals surface area (Å²) in [6.45, 7) is 1.40. The molecule has 2 rings (SSSR count). The Balaban J connectivity index is 2.27. The molecular formula is C16H17N3O8. The first kappa shape index (κ1) is 19.7. The average molecular weight is 379 g/mol. The van der Waals surface area contributed by atoms with Gasteiger partial charge in [0.25, 0.3) is 0 Å². The Hall–Kier alpha value is -3.63. The molecule has 0 radical (unpaired) electrons. The number of carbonyl (C=O) groups excluding carboxylic acids is 3. The maximum atomic E-state index is 12.0. The topological polar surface area (TPSA) is 146 Å². The van der Waals surface area contributed by atoms with E-state index in [0.29, 0.717) is 0 Å². The number of nitrogens with zero attached hydrogens (tertiary/aromatic N) is 1. The lowest BCUT2D eigenvalue weighted by Crippen LogP contribution is -2.45. The Morgan fingerprint density at radius 1 is 1.30 bits per heavy atom. The van der Waals surface area contributed by atoms with E-state index in [1.165, 1.54) is 12.1 Å². The van der Waals surface area contributed by atoms with E-state index in [9.17, 15) is 24.5 Å². The van der Waals surface area contributed by atoms with Crippen molar-refractivity contribution in [3.05, 3.63) is 45.1 Å². The van der Waals surface area contributed by atoms with E-state index in [4.69, 9.17) is 9.47 Å². The molecule has 2 amide bonds. The number of urea groups is 1. The molecule has 11 nitrogen and oxygen atoms in total. The highest BCUT2D eigenvalue weighted by molar-refractivity contribution is 5.93. The summed E-state index contributed by atoms with van der Waals surface area (Å²) in [6, 6.07) is 3.01. The number of nitro groups is 1. The van der Waals surface area contributed by atoms with E-state index in [0.717, 1.165) is 13.2 Å². The largest absolute Gasteiger partial charge is 0.480 e. The van der Waals surface area contributed by atoms with Gasteiger partial charge in [-0.25, -0.2) is 14.4 Å². The van der Waals surface area contributed by atoms with Crippen LogP contribution in [0.1, 0.15) is 17.3 Å². The predicted molar refractivity (Wildman–Crippen MR) is 90.1 cm³/mol. The molecule has 1 aliphatic heterocycles. The zero-order valence-electron chi connectivity index (χ0n) is 14.6. The summed E-state index contributed by atoms with van der Waals surface area (Å²) < 4.78 is 14.8. The van der Waals surface area contributed by atoms with Gasteiger partial charge in [0.2, 0.25) is 0 Å². The zero-order chi connectivity index (χ0) is 20.0. The molecule has 0 spiro atoms. The molecule has 144 valence electrons. The minimum Gasteiger partial charge on any atom is -0.480 e. The molecule has 1 aromatic carbocycles. The van der Waals surface area contributed by atoms with Crippen LogP contribution < -0.4 is 15.4 Å². The van der Waals surface area contributed by atoms with Crippen molar-refractivity contribution in [1.29, 1.82) is 0 Å². The number of nitro benzene ring substituents is 1. The number of esters is 2. The van der Waals surface area contributed by atoms with E-state index in [-0.39, 0.29) is 42.3 Å². The quantitative estimate of drug-likeness (QED) is 0.403. The number of hydrogen-bond acceptors (Lipinski definition) is 8. The highest BCUT2D eigenvalue weighted by atomic mass is 16.6. The lowest BCUT2D eigenvalue weighted by Gasteiger charge is -2.21. The minimum atomic E-state index is -0.734. The number of amides is 2. The molecule has 0 atom stereocenters. The van der Waals surface area contributed by atoms with Crippen LogP contribution in [-0.4, -0.2) is 49.8 Å². The lowest BCUT2D eigenvalue weighted by atomic mass is 10.1. The van der Waals surface area contributed by atoms with Crippen LogP contribution in [0.3, 0.4) is 0 Å². The standard InChI is InChI=1S/C16H17N3O8/c1-3-26-15(21)10-7-17-16(22)18-11(10)8-27-13-5-4-9(14(20)25-2)6-12(13)19(23)24/h4-6H,3,7-8H2,1-2H3,(H2,17,18,22). The summed E-state index contributed by atoms with van der Waals surface area (Å²) in [6.07, 6.45) is 0. The summed E-state index contributed by atoms with van der Waals surface area (Å²) in [5.41, 5.74) is -0.205. The maximum absolute atomic E-state index is 12.0. The monoisotopic (exact) mass is 379 g/mol. The fourth-order valence-electron chi connectivity index (χ4n) is 2.25. The van der Waals surface area contributed by atoms with E-state index in [1.807, 2.05) is 0 Å². The molecular weight excluding hydrogens is 362 g/mol. The molecule has 0 fully saturated rings. The van der Waals surface area contributed by atoms with Crippen LogP contribution in [0.2, 0.25) is 0 Å². The highest BCUT2D eigenvalue weighted by Gasteiger charge is 2.25. The van der Waals surface area contributed by atoms with Crippen molar-refractivity contribution in [2.24, 2.45) is 0 Å². The second-order valence-electron chi connectivity index (χ2n) is 5.21. The van der Waals surface area contributed by atoms with Gasteiger partial charge in [0.1, 0.15) is 6.61 Å². The highest BCUT2D eigenvalue weighted by Crippen LogP contribution is 2.29. The van der Waals surface area contributed by atoms with Crippen LogP contribution in [0.15, 0.2) is 29.5 Å². The fourth-order valence-corrected chi connectivity index (χ4v) is 2.25. The molecule has 1 aromatic rings. The van der Waals surface area contributed by atoms with Crippen molar-refractivity contribution in [3.63, 3.8) is 0 Å². The Morgan fingerprint density at radius 3 is 2.67 bits per heavy atom. The summed E-state index contributed by atoms with van der Waals surface area (Å²) in [7, 11) is 1.15. The van der Waals surface area contributed by atoms with Crippen molar-refractivity contribution >= 4 is 23.7 Å². The number of methoxy groups -OCH3 is 1. The minimum absolute atomic E-state index is 0.0156. The third-order valence-corrected chi connectivity index (χ3v) is 3.52. The third-order valence-electron chi connectivity index (χ3n) is 3.52. The molecule has 0 aromatic heterocycles. The molecule has 1 aliphatic rings. The van der Waals surface area contributed by atoms with Gasteiger partial charge < -0.3 is 24.8 Å². The van der Waals surface area contributed by atoms with Crippen LogP contribution in [-0.2, 0) is 14.3 Å². The third kappa shape index (κ3) is 4.71. The molecule has 0 saturated carbocycles. The number of hydrogen-bond donors (Lipinski definition) is 2. The fraction of sp³-hybridized carbons (Fsp3) is 0.312. The van der Waals surface area contributed by atoms with Crippen molar-refractivity contribution in [2.75, 3.05) is 26.9 Å². The van der Waals surface area contributed by atoms with Crippen molar-refractivity contribution in [3.8, 4) is 5.75 Å². The van der Waals surface area contributed by atoms with Gasteiger partial charge in [-0.15, -0.1) is 0 Å². The number of rotatable bonds is 7. The van der Waals surface area contributed by atoms with Crippen molar-refractivity contribution in [1.82, 2.24) is 10.6 Å². The summed E-state index contributed by atoms with van der Waals surface area (Å²) >= 11 is 0. The van der Waals surface area contributed by atoms with Gasteiger partial charge in [0, 0.05) is 6.07 Å². The molecule has 0 saturated heterocycles. The first-order chi connectivity index (χ1) is 12.9. The predicted octanol–water partition coefficient (Wildman–Crippen LogP) is 0.890. The maximum Gasteiger partial charge on any atom is 0.338 e. The molecule has 27 heavy (non-hydrogen) atoms. The number of ether oxygens (including phenoxy) is 3. The van der Waals surface area contributed by atoms with Crippen LogP contribution in [0, 0.1) is 10.1 Å². The lowest BCUT2D eigenvalue weighted by molar-refractivity contribution is -0.385. The molecule has 0 unspecified atom stereocenters. The Bertz CT molecular complexity index is 818. The van der Waals surface area contributed by atoms with Gasteiger partial charge in [-0.2, -0.15) is 0 Å². The smallest absolute Gasteiger partial charge is 0.338 e. The first-order valence-electron chi connectivity index (χ1n) is 7.80. The van der Waals surface area contributed by atoms with E-state index < -0.39 is 28.6 Å². The van der Waals surface area contributed by atoms with Crippen molar-refractivity contribution < 1.29 is 33.5 Å². The van der Waals surface area contributed by atoms with Gasteiger partial charge in [0.05, 0.1) is 42.0 Å². The van der Waals surface area contributed by atoms with Crippen molar-refractivity contribution in [2.45, 2.75) is 6.92 Å². The van der Waals surface area contributed by atoms with E-state index >= 15 is 0 Å². The number of carbonyl (C=O) groups is 3. The van der Waals surface area contributed by atoms with Crippen LogP contribution >= 0.6 is 0 Å². The zero-order valence-corrected chi connectivity index (χ0v) is 14.6. The summed E-state index contributed by atoms with van der Waals surface area (Å²) in [5.74, 6) is -1.52. The molecule has 2 N–H and O–H groups in total. The number of nitrogens with one attached hydrogen (secondary N) is 2. The second kappa shape index (κ2) is 8.65. The van der Waals surface area contributed by atoms with E-state index in [2.05, 4.69) is 15.4 Å².